The van der Waals surface area contributed by atoms with Crippen LogP contribution in [-0.4, -0.2) is 13.7 Å². The van der Waals surface area contributed by atoms with Crippen LogP contribution in [-0.2, 0) is 11.1 Å². The number of hydrogen-bond acceptors (Lipinski definition) is 3. The molecule has 1 unspecified atom stereocenters. The SMILES string of the molecule is Cc1cc([N+](=O)[O-])c(S(=O)O)cc1F. The number of benzene rings is 1. The summed E-state index contributed by atoms with van der Waals surface area (Å²) in [6.07, 6.45) is 0. The minimum atomic E-state index is -2.56. The van der Waals surface area contributed by atoms with Crippen molar-refractivity contribution in [3.8, 4) is 0 Å². The third kappa shape index (κ3) is 1.94. The number of rotatable bonds is 2. The Morgan fingerprint density at radius 2 is 2.14 bits per heavy atom. The van der Waals surface area contributed by atoms with E-state index in [1.807, 2.05) is 0 Å². The Kier molecular flexibility index (Phi) is 2.92. The van der Waals surface area contributed by atoms with Gasteiger partial charge in [0.05, 0.1) is 4.92 Å². The Labute approximate surface area is 81.0 Å². The highest BCUT2D eigenvalue weighted by molar-refractivity contribution is 7.79. The van der Waals surface area contributed by atoms with Gasteiger partial charge >= 0.3 is 0 Å². The van der Waals surface area contributed by atoms with Crippen LogP contribution in [0.1, 0.15) is 5.56 Å². The molecule has 0 fully saturated rings. The third-order valence-corrected chi connectivity index (χ3v) is 2.33. The molecule has 14 heavy (non-hydrogen) atoms. The topological polar surface area (TPSA) is 80.4 Å². The van der Waals surface area contributed by atoms with Crippen molar-refractivity contribution in [3.05, 3.63) is 33.6 Å². The van der Waals surface area contributed by atoms with E-state index in [2.05, 4.69) is 0 Å². The quantitative estimate of drug-likeness (QED) is 0.465. The highest BCUT2D eigenvalue weighted by Crippen LogP contribution is 2.24. The van der Waals surface area contributed by atoms with Crippen molar-refractivity contribution < 1.29 is 18.1 Å². The Morgan fingerprint density at radius 3 is 2.57 bits per heavy atom. The van der Waals surface area contributed by atoms with Gasteiger partial charge in [-0.1, -0.05) is 0 Å². The molecule has 5 nitrogen and oxygen atoms in total. The van der Waals surface area contributed by atoms with Crippen molar-refractivity contribution in [2.24, 2.45) is 0 Å². The van der Waals surface area contributed by atoms with Crippen LogP contribution in [0.2, 0.25) is 0 Å². The van der Waals surface area contributed by atoms with Gasteiger partial charge in [-0.3, -0.25) is 10.1 Å². The molecule has 0 spiro atoms. The first-order valence-corrected chi connectivity index (χ1v) is 4.59. The maximum atomic E-state index is 12.9. The molecule has 1 N–H and O–H groups in total. The molecular weight excluding hydrogens is 213 g/mol. The maximum absolute atomic E-state index is 12.9. The summed E-state index contributed by atoms with van der Waals surface area (Å²) < 4.78 is 32.2. The first kappa shape index (κ1) is 10.7. The number of nitro groups is 1. The standard InChI is InChI=1S/C7H6FNO4S/c1-4-2-6(9(10)11)7(14(12)13)3-5(4)8/h2-3H,1H3,(H,12,13). The average Bonchev–Trinajstić information content (AvgIpc) is 2.08. The van der Waals surface area contributed by atoms with Gasteiger partial charge in [0.1, 0.15) is 10.7 Å². The van der Waals surface area contributed by atoms with Gasteiger partial charge in [-0.05, 0) is 18.6 Å². The number of aryl methyl sites for hydroxylation is 1. The van der Waals surface area contributed by atoms with Crippen molar-refractivity contribution in [1.29, 1.82) is 0 Å². The summed E-state index contributed by atoms with van der Waals surface area (Å²) in [6.45, 7) is 1.34. The van der Waals surface area contributed by atoms with E-state index in [-0.39, 0.29) is 5.56 Å². The van der Waals surface area contributed by atoms with Crippen LogP contribution in [0.15, 0.2) is 17.0 Å². The summed E-state index contributed by atoms with van der Waals surface area (Å²) in [5.74, 6) is -0.743. The van der Waals surface area contributed by atoms with Crippen molar-refractivity contribution in [2.75, 3.05) is 0 Å². The molecule has 1 rings (SSSR count). The van der Waals surface area contributed by atoms with Crippen molar-refractivity contribution in [3.63, 3.8) is 0 Å². The first-order chi connectivity index (χ1) is 6.43. The van der Waals surface area contributed by atoms with E-state index in [9.17, 15) is 18.7 Å². The fourth-order valence-corrected chi connectivity index (χ4v) is 1.45. The zero-order valence-electron chi connectivity index (χ0n) is 7.06. The molecule has 0 aliphatic rings. The summed E-state index contributed by atoms with van der Waals surface area (Å²) in [7, 11) is 0. The monoisotopic (exact) mass is 219 g/mol. The minimum absolute atomic E-state index is 0.0610. The molecule has 0 aliphatic carbocycles. The summed E-state index contributed by atoms with van der Waals surface area (Å²) in [6, 6.07) is 1.63. The second-order valence-corrected chi connectivity index (χ2v) is 3.51. The Bertz CT molecular complexity index is 381. The van der Waals surface area contributed by atoms with E-state index in [0.29, 0.717) is 6.07 Å². The van der Waals surface area contributed by atoms with Crippen LogP contribution in [0.25, 0.3) is 0 Å². The van der Waals surface area contributed by atoms with Crippen LogP contribution in [0.4, 0.5) is 10.1 Å². The second-order valence-electron chi connectivity index (χ2n) is 2.58. The van der Waals surface area contributed by atoms with E-state index >= 15 is 0 Å². The van der Waals surface area contributed by atoms with Gasteiger partial charge in [0, 0.05) is 6.07 Å². The Balaban J connectivity index is 3.46. The lowest BCUT2D eigenvalue weighted by Gasteiger charge is -2.00. The van der Waals surface area contributed by atoms with Gasteiger partial charge in [-0.2, -0.15) is 0 Å². The van der Waals surface area contributed by atoms with E-state index in [1.54, 1.807) is 0 Å². The van der Waals surface area contributed by atoms with Crippen LogP contribution < -0.4 is 0 Å². The summed E-state index contributed by atoms with van der Waals surface area (Å²) in [5, 5.41) is 10.4. The van der Waals surface area contributed by atoms with Gasteiger partial charge < -0.3 is 4.55 Å². The predicted octanol–water partition coefficient (Wildman–Crippen LogP) is 1.62. The fourth-order valence-electron chi connectivity index (χ4n) is 0.931. The van der Waals surface area contributed by atoms with Gasteiger partial charge in [0.2, 0.25) is 0 Å². The molecule has 1 aromatic carbocycles. The molecule has 0 aliphatic heterocycles. The molecular formula is C7H6FNO4S. The van der Waals surface area contributed by atoms with Crippen molar-refractivity contribution in [2.45, 2.75) is 11.8 Å². The highest BCUT2D eigenvalue weighted by Gasteiger charge is 2.20. The molecule has 0 aromatic heterocycles. The molecule has 1 aromatic rings. The molecule has 0 saturated carbocycles. The smallest absolute Gasteiger partial charge is 0.288 e. The number of nitrogens with zero attached hydrogens (tertiary/aromatic N) is 1. The average molecular weight is 219 g/mol. The van der Waals surface area contributed by atoms with Crippen LogP contribution in [0, 0.1) is 22.9 Å². The molecule has 7 heteroatoms. The van der Waals surface area contributed by atoms with Crippen LogP contribution >= 0.6 is 0 Å². The first-order valence-electron chi connectivity index (χ1n) is 3.49. The zero-order valence-corrected chi connectivity index (χ0v) is 7.88. The molecule has 76 valence electrons. The summed E-state index contributed by atoms with van der Waals surface area (Å²) in [5.41, 5.74) is -0.490. The Morgan fingerprint density at radius 1 is 1.57 bits per heavy atom. The lowest BCUT2D eigenvalue weighted by atomic mass is 10.2. The third-order valence-electron chi connectivity index (χ3n) is 1.63. The van der Waals surface area contributed by atoms with Crippen LogP contribution in [0.5, 0.6) is 0 Å². The second kappa shape index (κ2) is 3.81. The molecule has 0 heterocycles. The molecule has 0 amide bonds. The predicted molar refractivity (Wildman–Crippen MR) is 46.8 cm³/mol. The van der Waals surface area contributed by atoms with E-state index < -0.39 is 32.4 Å². The molecule has 0 saturated heterocycles. The largest absolute Gasteiger partial charge is 0.302 e. The number of hydrogen-bond donors (Lipinski definition) is 1. The van der Waals surface area contributed by atoms with Crippen molar-refractivity contribution in [1.82, 2.24) is 0 Å². The van der Waals surface area contributed by atoms with Gasteiger partial charge in [0.15, 0.2) is 11.1 Å². The summed E-state index contributed by atoms with van der Waals surface area (Å²) >= 11 is -2.56. The van der Waals surface area contributed by atoms with E-state index in [4.69, 9.17) is 4.55 Å². The highest BCUT2D eigenvalue weighted by atomic mass is 32.2. The fraction of sp³-hybridized carbons (Fsp3) is 0.143. The molecule has 0 bridgehead atoms. The van der Waals surface area contributed by atoms with Gasteiger partial charge in [-0.15, -0.1) is 0 Å². The van der Waals surface area contributed by atoms with Crippen molar-refractivity contribution >= 4 is 16.8 Å². The van der Waals surface area contributed by atoms with Gasteiger partial charge in [0.25, 0.3) is 5.69 Å². The zero-order chi connectivity index (χ0) is 10.9. The number of nitro benzene ring substituents is 1. The molecule has 0 radical (unpaired) electrons. The van der Waals surface area contributed by atoms with E-state index in [0.717, 1.165) is 6.07 Å². The number of halogens is 1. The maximum Gasteiger partial charge on any atom is 0.288 e. The lowest BCUT2D eigenvalue weighted by molar-refractivity contribution is -0.387. The van der Waals surface area contributed by atoms with Crippen LogP contribution in [0.3, 0.4) is 0 Å². The Hall–Kier alpha value is -1.34. The lowest BCUT2D eigenvalue weighted by Crippen LogP contribution is -1.99. The summed E-state index contributed by atoms with van der Waals surface area (Å²) in [4.78, 5) is 9.07. The van der Waals surface area contributed by atoms with E-state index in [1.165, 1.54) is 6.92 Å². The molecule has 1 atom stereocenters. The van der Waals surface area contributed by atoms with Gasteiger partial charge in [-0.25, -0.2) is 8.60 Å². The minimum Gasteiger partial charge on any atom is -0.302 e. The normalized spacial score (nSPS) is 12.5.